The Bertz CT molecular complexity index is 1160. The van der Waals surface area contributed by atoms with Gasteiger partial charge >= 0.3 is 6.18 Å². The highest BCUT2D eigenvalue weighted by Crippen LogP contribution is 2.38. The molecule has 3 aromatic carbocycles. The number of anilines is 1. The van der Waals surface area contributed by atoms with E-state index >= 15 is 0 Å². The van der Waals surface area contributed by atoms with Crippen LogP contribution < -0.4 is 15.0 Å². The van der Waals surface area contributed by atoms with Crippen LogP contribution in [0.5, 0.6) is 5.75 Å². The van der Waals surface area contributed by atoms with Gasteiger partial charge in [-0.3, -0.25) is 9.69 Å². The summed E-state index contributed by atoms with van der Waals surface area (Å²) in [7, 11) is 1.55. The molecule has 0 saturated heterocycles. The highest BCUT2D eigenvalue weighted by atomic mass is 19.4. The molecule has 0 fully saturated rings. The third-order valence-electron chi connectivity index (χ3n) is 5.63. The zero-order valence-electron chi connectivity index (χ0n) is 18.1. The summed E-state index contributed by atoms with van der Waals surface area (Å²) in [6, 6.07) is 21.0. The van der Waals surface area contributed by atoms with Crippen molar-refractivity contribution in [3.63, 3.8) is 0 Å². The molecule has 170 valence electrons. The lowest BCUT2D eigenvalue weighted by atomic mass is 10.1. The van der Waals surface area contributed by atoms with Crippen LogP contribution in [0.1, 0.15) is 35.7 Å². The molecule has 0 radical (unpaired) electrons. The van der Waals surface area contributed by atoms with Gasteiger partial charge in [0.15, 0.2) is 0 Å². The third-order valence-corrected chi connectivity index (χ3v) is 5.63. The fourth-order valence-corrected chi connectivity index (χ4v) is 3.89. The molecule has 0 unspecified atom stereocenters. The number of hydrogen-bond acceptors (Lipinski definition) is 3. The molecule has 0 aromatic heterocycles. The zero-order chi connectivity index (χ0) is 23.6. The Morgan fingerprint density at radius 3 is 2.30 bits per heavy atom. The van der Waals surface area contributed by atoms with Crippen molar-refractivity contribution >= 4 is 11.6 Å². The summed E-state index contributed by atoms with van der Waals surface area (Å²) in [5.74, 6) is 0.310. The lowest BCUT2D eigenvalue weighted by Crippen LogP contribution is -2.33. The van der Waals surface area contributed by atoms with Crippen LogP contribution in [-0.4, -0.2) is 13.0 Å². The standard InChI is InChI=1S/C26H23F3N2O2/c1-17(18-7-4-3-5-8-18)30-23-16-24(19-9-6-10-22(15-19)33-2)31(25(23)32)21-13-11-20(12-14-21)26(27,28)29/h3-17,24,30H,1-2H3/t17-,24+/m1/s1. The number of nitrogens with one attached hydrogen (secondary N) is 1. The van der Waals surface area contributed by atoms with Gasteiger partial charge in [-0.15, -0.1) is 0 Å². The van der Waals surface area contributed by atoms with Crippen molar-refractivity contribution in [3.8, 4) is 5.75 Å². The average Bonchev–Trinajstić information content (AvgIpc) is 3.15. The maximum Gasteiger partial charge on any atom is 0.416 e. The summed E-state index contributed by atoms with van der Waals surface area (Å²) in [6.45, 7) is 1.95. The van der Waals surface area contributed by atoms with E-state index in [-0.39, 0.29) is 11.9 Å². The molecule has 0 saturated carbocycles. The van der Waals surface area contributed by atoms with Crippen molar-refractivity contribution < 1.29 is 22.7 Å². The van der Waals surface area contributed by atoms with E-state index in [9.17, 15) is 18.0 Å². The number of hydrogen-bond donors (Lipinski definition) is 1. The molecule has 4 rings (SSSR count). The van der Waals surface area contributed by atoms with Crippen LogP contribution in [0.25, 0.3) is 0 Å². The van der Waals surface area contributed by atoms with Crippen LogP contribution in [0.15, 0.2) is 90.6 Å². The molecule has 1 N–H and O–H groups in total. The minimum absolute atomic E-state index is 0.139. The number of halogens is 3. The summed E-state index contributed by atoms with van der Waals surface area (Å²) in [4.78, 5) is 14.9. The number of nitrogens with zero attached hydrogens (tertiary/aromatic N) is 1. The van der Waals surface area contributed by atoms with Gasteiger partial charge < -0.3 is 10.1 Å². The first-order valence-corrected chi connectivity index (χ1v) is 10.5. The van der Waals surface area contributed by atoms with E-state index in [1.807, 2.05) is 55.5 Å². The number of amides is 1. The number of carbonyl (C=O) groups is 1. The second-order valence-electron chi connectivity index (χ2n) is 7.80. The molecule has 1 aliphatic heterocycles. The van der Waals surface area contributed by atoms with Crippen LogP contribution in [0.4, 0.5) is 18.9 Å². The lowest BCUT2D eigenvalue weighted by Gasteiger charge is -2.26. The van der Waals surface area contributed by atoms with Gasteiger partial charge in [0.25, 0.3) is 5.91 Å². The molecule has 7 heteroatoms. The van der Waals surface area contributed by atoms with E-state index in [2.05, 4.69) is 5.32 Å². The third kappa shape index (κ3) is 4.72. The van der Waals surface area contributed by atoms with Crippen LogP contribution >= 0.6 is 0 Å². The topological polar surface area (TPSA) is 41.6 Å². The fraction of sp³-hybridized carbons (Fsp3) is 0.192. The van der Waals surface area contributed by atoms with E-state index in [4.69, 9.17) is 4.74 Å². The minimum atomic E-state index is -4.45. The highest BCUT2D eigenvalue weighted by molar-refractivity contribution is 6.08. The van der Waals surface area contributed by atoms with Crippen molar-refractivity contribution in [1.29, 1.82) is 0 Å². The molecule has 2 atom stereocenters. The molecule has 0 bridgehead atoms. The fourth-order valence-electron chi connectivity index (χ4n) is 3.89. The average molecular weight is 452 g/mol. The largest absolute Gasteiger partial charge is 0.497 e. The highest BCUT2D eigenvalue weighted by Gasteiger charge is 2.36. The summed E-state index contributed by atoms with van der Waals surface area (Å²) in [6.07, 6.45) is -2.65. The second-order valence-corrected chi connectivity index (χ2v) is 7.80. The molecule has 3 aromatic rings. The Hall–Kier alpha value is -3.74. The number of methoxy groups -OCH3 is 1. The van der Waals surface area contributed by atoms with Crippen molar-refractivity contribution in [1.82, 2.24) is 5.32 Å². The molecule has 1 heterocycles. The van der Waals surface area contributed by atoms with E-state index in [0.29, 0.717) is 17.1 Å². The van der Waals surface area contributed by atoms with Crippen LogP contribution in [0.3, 0.4) is 0 Å². The number of benzene rings is 3. The van der Waals surface area contributed by atoms with Gasteiger partial charge in [-0.25, -0.2) is 0 Å². The zero-order valence-corrected chi connectivity index (χ0v) is 18.1. The van der Waals surface area contributed by atoms with Crippen LogP contribution in [-0.2, 0) is 11.0 Å². The number of ether oxygens (including phenoxy) is 1. The SMILES string of the molecule is COc1cccc([C@@H]2C=C(N[C@H](C)c3ccccc3)C(=O)N2c2ccc(C(F)(F)F)cc2)c1. The smallest absolute Gasteiger partial charge is 0.416 e. The quantitative estimate of drug-likeness (QED) is 0.496. The predicted octanol–water partition coefficient (Wildman–Crippen LogP) is 6.04. The Balaban J connectivity index is 1.70. The molecule has 0 spiro atoms. The van der Waals surface area contributed by atoms with Gasteiger partial charge in [0.1, 0.15) is 5.75 Å². The van der Waals surface area contributed by atoms with Crippen LogP contribution in [0, 0.1) is 0 Å². The van der Waals surface area contributed by atoms with Crippen molar-refractivity contribution in [3.05, 3.63) is 107 Å². The van der Waals surface area contributed by atoms with Gasteiger partial charge in [-0.05, 0) is 60.5 Å². The van der Waals surface area contributed by atoms with Crippen molar-refractivity contribution in [2.24, 2.45) is 0 Å². The van der Waals surface area contributed by atoms with Crippen LogP contribution in [0.2, 0.25) is 0 Å². The van der Waals surface area contributed by atoms with Gasteiger partial charge in [0.2, 0.25) is 0 Å². The number of carbonyl (C=O) groups excluding carboxylic acids is 1. The first kappa shape index (κ1) is 22.5. The normalized spacial score (nSPS) is 17.0. The first-order chi connectivity index (χ1) is 15.8. The number of alkyl halides is 3. The maximum atomic E-state index is 13.4. The van der Waals surface area contributed by atoms with E-state index in [1.165, 1.54) is 17.0 Å². The van der Waals surface area contributed by atoms with E-state index in [1.54, 1.807) is 19.3 Å². The van der Waals surface area contributed by atoms with Gasteiger partial charge in [0.05, 0.1) is 24.4 Å². The van der Waals surface area contributed by atoms with Crippen molar-refractivity contribution in [2.75, 3.05) is 12.0 Å². The summed E-state index contributed by atoms with van der Waals surface area (Å²) in [5.41, 5.74) is 1.80. The Kier molecular flexibility index (Phi) is 6.14. The van der Waals surface area contributed by atoms with Gasteiger partial charge in [-0.1, -0.05) is 42.5 Å². The summed E-state index contributed by atoms with van der Waals surface area (Å²) in [5, 5.41) is 3.27. The Morgan fingerprint density at radius 1 is 0.970 bits per heavy atom. The van der Waals surface area contributed by atoms with E-state index < -0.39 is 17.8 Å². The molecular formula is C26H23F3N2O2. The number of rotatable bonds is 6. The Labute approximate surface area is 190 Å². The minimum Gasteiger partial charge on any atom is -0.497 e. The molecular weight excluding hydrogens is 429 g/mol. The van der Waals surface area contributed by atoms with E-state index in [0.717, 1.165) is 23.3 Å². The molecule has 1 amide bonds. The van der Waals surface area contributed by atoms with Crippen molar-refractivity contribution in [2.45, 2.75) is 25.2 Å². The molecule has 33 heavy (non-hydrogen) atoms. The second kappa shape index (κ2) is 9.02. The summed E-state index contributed by atoms with van der Waals surface area (Å²) < 4.78 is 44.5. The lowest BCUT2D eigenvalue weighted by molar-refractivity contribution is -0.137. The summed E-state index contributed by atoms with van der Waals surface area (Å²) >= 11 is 0. The monoisotopic (exact) mass is 452 g/mol. The Morgan fingerprint density at radius 2 is 1.67 bits per heavy atom. The molecule has 0 aliphatic carbocycles. The first-order valence-electron chi connectivity index (χ1n) is 10.5. The van der Waals surface area contributed by atoms with Gasteiger partial charge in [0, 0.05) is 11.7 Å². The maximum absolute atomic E-state index is 13.4. The molecule has 1 aliphatic rings. The molecule has 4 nitrogen and oxygen atoms in total. The van der Waals surface area contributed by atoms with Gasteiger partial charge in [-0.2, -0.15) is 13.2 Å². The predicted molar refractivity (Wildman–Crippen MR) is 121 cm³/mol.